The molecule has 100 valence electrons. The molecule has 0 aromatic heterocycles. The van der Waals surface area contributed by atoms with Gasteiger partial charge in [0.05, 0.1) is 4.92 Å². The van der Waals surface area contributed by atoms with Gasteiger partial charge in [-0.15, -0.1) is 5.11 Å². The normalized spacial score (nSPS) is 29.5. The first kappa shape index (κ1) is 14.3. The molecule has 0 amide bonds. The van der Waals surface area contributed by atoms with Crippen LogP contribution in [0.4, 0.5) is 0 Å². The highest BCUT2D eigenvalue weighted by Gasteiger charge is 2.45. The van der Waals surface area contributed by atoms with E-state index in [9.17, 15) is 14.9 Å². The van der Waals surface area contributed by atoms with Gasteiger partial charge in [0, 0.05) is 6.61 Å². The van der Waals surface area contributed by atoms with Crippen LogP contribution in [0.25, 0.3) is 0 Å². The lowest BCUT2D eigenvalue weighted by atomic mass is 10.2. The second-order valence-electron chi connectivity index (χ2n) is 3.54. The summed E-state index contributed by atoms with van der Waals surface area (Å²) in [5, 5.41) is 16.2. The van der Waals surface area contributed by atoms with Gasteiger partial charge in [-0.1, -0.05) is 5.11 Å². The molecule has 0 saturated carbocycles. The Balaban J connectivity index is 0.000000184. The van der Waals surface area contributed by atoms with Crippen molar-refractivity contribution >= 4 is 12.6 Å². The number of carbonyl (C=O) groups excluding carboxylic acids is 1. The summed E-state index contributed by atoms with van der Waals surface area (Å²) in [6.45, 7) is 0.856. The zero-order valence-electron chi connectivity index (χ0n) is 9.56. The van der Waals surface area contributed by atoms with Crippen LogP contribution in [-0.2, 0) is 9.53 Å². The number of rotatable bonds is 3. The van der Waals surface area contributed by atoms with Crippen LogP contribution in [0, 0.1) is 10.1 Å². The molecule has 0 radical (unpaired) electrons. The highest BCUT2D eigenvalue weighted by atomic mass is 16.6. The fourth-order valence-corrected chi connectivity index (χ4v) is 1.30. The molecule has 2 heterocycles. The Labute approximate surface area is 102 Å². The number of nitrogens with two attached hydrogens (primary N) is 1. The molecule has 2 rings (SSSR count). The Kier molecular flexibility index (Phi) is 5.42. The molecule has 2 unspecified atom stereocenters. The predicted molar refractivity (Wildman–Crippen MR) is 60.1 cm³/mol. The first-order chi connectivity index (χ1) is 8.64. The molecular formula is C8H14N6O4. The van der Waals surface area contributed by atoms with E-state index in [1.165, 1.54) is 12.8 Å². The molecule has 18 heavy (non-hydrogen) atoms. The number of aliphatic imine (C=N–C) groups is 1. The van der Waals surface area contributed by atoms with E-state index < -0.39 is 10.7 Å². The first-order valence-corrected chi connectivity index (χ1v) is 5.29. The lowest BCUT2D eigenvalue weighted by molar-refractivity contribution is -0.545. The van der Waals surface area contributed by atoms with Crippen LogP contribution in [-0.4, -0.2) is 36.2 Å². The van der Waals surface area contributed by atoms with Crippen molar-refractivity contribution < 1.29 is 14.5 Å². The quantitative estimate of drug-likeness (QED) is 0.304. The standard InChI is InChI=1S/C5H12N2O.C3H2N4O3/c6-7-5-3-1-2-4-8-5;8-1-3(7(9)10)4-2-5-6-3/h5,7H,1-4,6H2;1-2H. The SMILES string of the molecule is NNC1CCCCO1.O=CC1([N+](=O)[O-])N=CN=N1. The molecule has 0 bridgehead atoms. The summed E-state index contributed by atoms with van der Waals surface area (Å²) < 4.78 is 5.19. The summed E-state index contributed by atoms with van der Waals surface area (Å²) >= 11 is 0. The van der Waals surface area contributed by atoms with E-state index >= 15 is 0 Å². The molecule has 10 nitrogen and oxygen atoms in total. The summed E-state index contributed by atoms with van der Waals surface area (Å²) in [4.78, 5) is 22.4. The van der Waals surface area contributed by atoms with Gasteiger partial charge in [0.2, 0.25) is 6.29 Å². The van der Waals surface area contributed by atoms with E-state index in [0.717, 1.165) is 19.4 Å². The van der Waals surface area contributed by atoms with Crippen molar-refractivity contribution in [2.75, 3.05) is 6.61 Å². The van der Waals surface area contributed by atoms with Crippen LogP contribution in [0.3, 0.4) is 0 Å². The van der Waals surface area contributed by atoms with E-state index in [2.05, 4.69) is 20.6 Å². The third-order valence-electron chi connectivity index (χ3n) is 2.30. The average Bonchev–Trinajstić information content (AvgIpc) is 2.90. The van der Waals surface area contributed by atoms with Crippen LogP contribution in [0.2, 0.25) is 0 Å². The number of carbonyl (C=O) groups is 1. The fraction of sp³-hybridized carbons (Fsp3) is 0.750. The molecule has 2 atom stereocenters. The van der Waals surface area contributed by atoms with Gasteiger partial charge >= 0.3 is 5.79 Å². The Bertz CT molecular complexity index is 339. The van der Waals surface area contributed by atoms with Crippen LogP contribution in [0.15, 0.2) is 15.2 Å². The Morgan fingerprint density at radius 2 is 2.39 bits per heavy atom. The zero-order chi connectivity index (χ0) is 13.4. The van der Waals surface area contributed by atoms with E-state index in [1.807, 2.05) is 0 Å². The van der Waals surface area contributed by atoms with Crippen molar-refractivity contribution in [3.05, 3.63) is 10.1 Å². The summed E-state index contributed by atoms with van der Waals surface area (Å²) in [5.41, 5.74) is 2.58. The number of hydrazine groups is 1. The maximum atomic E-state index is 10.1. The highest BCUT2D eigenvalue weighted by molar-refractivity contribution is 5.69. The summed E-state index contributed by atoms with van der Waals surface area (Å²) in [6.07, 6.45) is 4.48. The van der Waals surface area contributed by atoms with Gasteiger partial charge in [-0.2, -0.15) is 4.99 Å². The zero-order valence-corrected chi connectivity index (χ0v) is 9.56. The minimum absolute atomic E-state index is 0.0278. The first-order valence-electron chi connectivity index (χ1n) is 5.29. The van der Waals surface area contributed by atoms with E-state index in [4.69, 9.17) is 10.6 Å². The smallest absolute Gasteiger partial charge is 0.362 e. The van der Waals surface area contributed by atoms with Crippen LogP contribution in [0.5, 0.6) is 0 Å². The van der Waals surface area contributed by atoms with E-state index in [-0.39, 0.29) is 12.5 Å². The van der Waals surface area contributed by atoms with Gasteiger partial charge in [0.15, 0.2) is 0 Å². The van der Waals surface area contributed by atoms with Crippen molar-refractivity contribution in [1.82, 2.24) is 5.43 Å². The largest absolute Gasteiger partial charge is 0.487 e. The molecule has 1 saturated heterocycles. The molecule has 0 aromatic rings. The molecular weight excluding hydrogens is 244 g/mol. The maximum absolute atomic E-state index is 10.1. The molecule has 0 aliphatic carbocycles. The minimum Gasteiger partial charge on any atom is -0.362 e. The second kappa shape index (κ2) is 6.83. The van der Waals surface area contributed by atoms with Crippen molar-refractivity contribution in [2.45, 2.75) is 31.3 Å². The van der Waals surface area contributed by atoms with Gasteiger partial charge in [0.1, 0.15) is 12.6 Å². The van der Waals surface area contributed by atoms with Crippen molar-refractivity contribution in [3.63, 3.8) is 0 Å². The van der Waals surface area contributed by atoms with Crippen molar-refractivity contribution in [3.8, 4) is 0 Å². The molecule has 1 fully saturated rings. The van der Waals surface area contributed by atoms with Crippen LogP contribution in [0.1, 0.15) is 19.3 Å². The van der Waals surface area contributed by atoms with Gasteiger partial charge in [0.25, 0.3) is 0 Å². The lowest BCUT2D eigenvalue weighted by Gasteiger charge is -2.20. The molecule has 2 aliphatic heterocycles. The minimum atomic E-state index is -2.19. The maximum Gasteiger partial charge on any atom is 0.487 e. The van der Waals surface area contributed by atoms with Crippen LogP contribution >= 0.6 is 0 Å². The van der Waals surface area contributed by atoms with Gasteiger partial charge < -0.3 is 4.74 Å². The highest BCUT2D eigenvalue weighted by Crippen LogP contribution is 2.14. The third kappa shape index (κ3) is 3.61. The Morgan fingerprint density at radius 1 is 1.61 bits per heavy atom. The lowest BCUT2D eigenvalue weighted by Crippen LogP contribution is -2.39. The molecule has 0 aromatic carbocycles. The number of hydrogen-bond donors (Lipinski definition) is 2. The number of hydrogen-bond acceptors (Lipinski definition) is 9. The van der Waals surface area contributed by atoms with Gasteiger partial charge in [-0.05, 0) is 19.3 Å². The van der Waals surface area contributed by atoms with Crippen LogP contribution < -0.4 is 11.3 Å². The average molecular weight is 258 g/mol. The number of nitrogens with one attached hydrogen (secondary N) is 1. The summed E-state index contributed by atoms with van der Waals surface area (Å²) in [7, 11) is 0. The monoisotopic (exact) mass is 258 g/mol. The summed E-state index contributed by atoms with van der Waals surface area (Å²) in [6, 6.07) is 0. The second-order valence-corrected chi connectivity index (χ2v) is 3.54. The molecule has 0 spiro atoms. The van der Waals surface area contributed by atoms with Crippen molar-refractivity contribution in [2.24, 2.45) is 21.1 Å². The number of ether oxygens (including phenoxy) is 1. The topological polar surface area (TPSA) is 145 Å². The summed E-state index contributed by atoms with van der Waals surface area (Å²) in [5.74, 6) is 2.93. The number of nitro groups is 1. The predicted octanol–water partition coefficient (Wildman–Crippen LogP) is -0.414. The van der Waals surface area contributed by atoms with Crippen molar-refractivity contribution in [1.29, 1.82) is 0 Å². The fourth-order valence-electron chi connectivity index (χ4n) is 1.30. The third-order valence-corrected chi connectivity index (χ3v) is 2.30. The van der Waals surface area contributed by atoms with Gasteiger partial charge in [-0.25, -0.2) is 5.43 Å². The van der Waals surface area contributed by atoms with E-state index in [0.29, 0.717) is 0 Å². The Hall–Kier alpha value is -1.78. The molecule has 10 heteroatoms. The van der Waals surface area contributed by atoms with Gasteiger partial charge in [-0.3, -0.25) is 20.8 Å². The number of aldehydes is 1. The Morgan fingerprint density at radius 3 is 2.67 bits per heavy atom. The van der Waals surface area contributed by atoms with E-state index in [1.54, 1.807) is 0 Å². The number of nitrogens with zero attached hydrogens (tertiary/aromatic N) is 4. The molecule has 2 aliphatic rings. The molecule has 3 N–H and O–H groups in total. The number of azo groups is 1.